The van der Waals surface area contributed by atoms with E-state index in [1.165, 1.54) is 30.3 Å². The van der Waals surface area contributed by atoms with Gasteiger partial charge in [0, 0.05) is 5.56 Å². The molecule has 0 saturated carbocycles. The van der Waals surface area contributed by atoms with Gasteiger partial charge in [0.05, 0.1) is 27.8 Å². The summed E-state index contributed by atoms with van der Waals surface area (Å²) in [5, 5.41) is 6.29. The fourth-order valence-electron chi connectivity index (χ4n) is 3.90. The molecule has 210 valence electrons. The summed E-state index contributed by atoms with van der Waals surface area (Å²) in [5.41, 5.74) is 3.32. The molecule has 3 aromatic carbocycles. The Bertz CT molecular complexity index is 1690. The van der Waals surface area contributed by atoms with Crippen LogP contribution in [0, 0.1) is 0 Å². The van der Waals surface area contributed by atoms with Crippen LogP contribution in [0.5, 0.6) is 5.75 Å². The molecule has 0 unspecified atom stereocenters. The number of rotatable bonds is 10. The Morgan fingerprint density at radius 2 is 1.62 bits per heavy atom. The van der Waals surface area contributed by atoms with Crippen LogP contribution >= 0.6 is 0 Å². The number of nitrogens with one attached hydrogen (secondary N) is 2. The first-order valence-corrected chi connectivity index (χ1v) is 15.0. The second kappa shape index (κ2) is 11.5. The van der Waals surface area contributed by atoms with Gasteiger partial charge in [-0.1, -0.05) is 19.1 Å². The van der Waals surface area contributed by atoms with Gasteiger partial charge in [0.15, 0.2) is 5.71 Å². The van der Waals surface area contributed by atoms with E-state index >= 15 is 0 Å². The Kier molecular flexibility index (Phi) is 8.23. The van der Waals surface area contributed by atoms with Crippen LogP contribution in [0.2, 0.25) is 0 Å². The minimum absolute atomic E-state index is 0.0365. The molecule has 1 heterocycles. The summed E-state index contributed by atoms with van der Waals surface area (Å²) in [7, 11) is -8.78. The molecule has 0 aromatic heterocycles. The molecule has 12 nitrogen and oxygen atoms in total. The van der Waals surface area contributed by atoms with Gasteiger partial charge in [0.1, 0.15) is 12.3 Å². The van der Waals surface area contributed by atoms with E-state index in [2.05, 4.69) is 15.8 Å². The highest BCUT2D eigenvalue weighted by molar-refractivity contribution is 7.92. The first-order valence-electron chi connectivity index (χ1n) is 12.1. The van der Waals surface area contributed by atoms with Crippen molar-refractivity contribution in [3.8, 4) is 5.75 Å². The number of benzene rings is 3. The van der Waals surface area contributed by atoms with Crippen LogP contribution in [0.25, 0.3) is 0 Å². The van der Waals surface area contributed by atoms with Gasteiger partial charge in [-0.3, -0.25) is 18.4 Å². The van der Waals surface area contributed by atoms with E-state index in [4.69, 9.17) is 4.74 Å². The molecule has 4 rings (SSSR count). The van der Waals surface area contributed by atoms with Gasteiger partial charge in [0.2, 0.25) is 0 Å². The van der Waals surface area contributed by atoms with Crippen LogP contribution in [0.4, 0.5) is 11.4 Å². The monoisotopic (exact) mass is 586 g/mol. The average molecular weight is 587 g/mol. The Morgan fingerprint density at radius 3 is 2.23 bits per heavy atom. The van der Waals surface area contributed by atoms with Gasteiger partial charge in [0.25, 0.3) is 32.0 Å². The predicted molar refractivity (Wildman–Crippen MR) is 148 cm³/mol. The van der Waals surface area contributed by atoms with Crippen LogP contribution in [0.3, 0.4) is 0 Å². The zero-order valence-corrected chi connectivity index (χ0v) is 23.1. The van der Waals surface area contributed by atoms with Crippen LogP contribution < -0.4 is 19.8 Å². The van der Waals surface area contributed by atoms with Gasteiger partial charge in [-0.15, -0.1) is 0 Å². The molecule has 0 spiro atoms. The number of hydrazone groups is 1. The van der Waals surface area contributed by atoms with Gasteiger partial charge in [-0.05, 0) is 73.5 Å². The fourth-order valence-corrected chi connectivity index (χ4v) is 5.83. The van der Waals surface area contributed by atoms with Gasteiger partial charge in [-0.2, -0.15) is 13.5 Å². The number of hydrogen-bond donors (Lipinski definition) is 3. The third kappa shape index (κ3) is 6.14. The van der Waals surface area contributed by atoms with Crippen molar-refractivity contribution in [2.45, 2.75) is 30.1 Å². The van der Waals surface area contributed by atoms with Gasteiger partial charge < -0.3 is 10.1 Å². The molecule has 14 heteroatoms. The van der Waals surface area contributed by atoms with Crippen molar-refractivity contribution < 1.29 is 35.7 Å². The molecule has 1 aliphatic heterocycles. The zero-order valence-electron chi connectivity index (χ0n) is 21.5. The second-order valence-corrected chi connectivity index (χ2v) is 11.9. The number of aryl methyl sites for hydroxylation is 1. The lowest BCUT2D eigenvalue weighted by molar-refractivity contribution is -0.119. The van der Waals surface area contributed by atoms with E-state index in [1.54, 1.807) is 31.2 Å². The third-order valence-corrected chi connectivity index (χ3v) is 8.58. The minimum atomic E-state index is -4.56. The van der Waals surface area contributed by atoms with Crippen LogP contribution in [0.15, 0.2) is 81.6 Å². The highest BCUT2D eigenvalue weighted by Gasteiger charge is 2.30. The van der Waals surface area contributed by atoms with Crippen LogP contribution in [-0.4, -0.2) is 52.1 Å². The Labute approximate surface area is 231 Å². The van der Waals surface area contributed by atoms with Gasteiger partial charge >= 0.3 is 0 Å². The molecular weight excluding hydrogens is 560 g/mol. The molecule has 0 atom stereocenters. The summed E-state index contributed by atoms with van der Waals surface area (Å²) in [6.45, 7) is 3.48. The number of carbonyl (C=O) groups excluding carboxylic acids is 2. The number of fused-ring (bicyclic) bond motifs is 1. The quantitative estimate of drug-likeness (QED) is 0.240. The summed E-state index contributed by atoms with van der Waals surface area (Å²) in [5.74, 6) is -1.10. The number of carbonyl (C=O) groups is 2. The van der Waals surface area contributed by atoms with E-state index in [1.807, 2.05) is 6.92 Å². The van der Waals surface area contributed by atoms with Crippen molar-refractivity contribution in [1.82, 2.24) is 5.43 Å². The topological polar surface area (TPSA) is 172 Å². The summed E-state index contributed by atoms with van der Waals surface area (Å²) in [6.07, 6.45) is 0.729. The largest absolute Gasteiger partial charge is 0.494 e. The maximum absolute atomic E-state index is 13.6. The number of nitrogens with zero attached hydrogens (tertiary/aromatic N) is 2. The minimum Gasteiger partial charge on any atom is -0.494 e. The molecular formula is C26H26N4O8S2. The number of sulfonamides is 1. The van der Waals surface area contributed by atoms with E-state index in [9.17, 15) is 31.0 Å². The summed E-state index contributed by atoms with van der Waals surface area (Å²) < 4.78 is 65.9. The Balaban J connectivity index is 1.63. The SMILES string of the molecule is CCOc1ccc(S(=O)(=O)N(CC(=O)NN=C2C(=O)Nc3ccc(S(=O)(=O)O)cc32)c2ccc(CC)cc2)cc1. The smallest absolute Gasteiger partial charge is 0.294 e. The lowest BCUT2D eigenvalue weighted by Crippen LogP contribution is -2.40. The van der Waals surface area contributed by atoms with E-state index < -0.39 is 43.4 Å². The molecule has 40 heavy (non-hydrogen) atoms. The van der Waals surface area contributed by atoms with Crippen molar-refractivity contribution >= 4 is 49.0 Å². The molecule has 0 bridgehead atoms. The number of anilines is 2. The molecule has 0 radical (unpaired) electrons. The maximum atomic E-state index is 13.6. The van der Waals surface area contributed by atoms with E-state index in [-0.39, 0.29) is 27.5 Å². The highest BCUT2D eigenvalue weighted by atomic mass is 32.2. The first kappa shape index (κ1) is 28.7. The highest BCUT2D eigenvalue weighted by Crippen LogP contribution is 2.27. The summed E-state index contributed by atoms with van der Waals surface area (Å²) in [4.78, 5) is 24.8. The van der Waals surface area contributed by atoms with Crippen LogP contribution in [0.1, 0.15) is 25.0 Å². The average Bonchev–Trinajstić information content (AvgIpc) is 3.24. The summed E-state index contributed by atoms with van der Waals surface area (Å²) >= 11 is 0. The standard InChI is InChI=1S/C26H26N4O8S2/c1-3-17-5-7-18(8-6-17)30(39(33,34)20-11-9-19(10-12-20)38-4-2)16-24(31)28-29-25-22-15-21(40(35,36)37)13-14-23(22)27-26(25)32/h5-15H,3-4,16H2,1-2H3,(H,28,31)(H,27,29,32)(H,35,36,37). The Morgan fingerprint density at radius 1 is 0.975 bits per heavy atom. The second-order valence-electron chi connectivity index (χ2n) is 8.57. The molecule has 3 aromatic rings. The molecule has 3 N–H and O–H groups in total. The number of amides is 2. The van der Waals surface area contributed by atoms with Crippen molar-refractivity contribution in [2.24, 2.45) is 5.10 Å². The maximum Gasteiger partial charge on any atom is 0.294 e. The molecule has 0 fully saturated rings. The van der Waals surface area contributed by atoms with E-state index in [0.717, 1.165) is 28.4 Å². The summed E-state index contributed by atoms with van der Waals surface area (Å²) in [6, 6.07) is 15.8. The fraction of sp³-hybridized carbons (Fsp3) is 0.192. The zero-order chi connectivity index (χ0) is 29.1. The molecule has 0 aliphatic carbocycles. The molecule has 2 amide bonds. The van der Waals surface area contributed by atoms with Crippen molar-refractivity contribution in [3.63, 3.8) is 0 Å². The Hall–Kier alpha value is -4.27. The van der Waals surface area contributed by atoms with E-state index in [0.29, 0.717) is 12.4 Å². The lowest BCUT2D eigenvalue weighted by atomic mass is 10.1. The van der Waals surface area contributed by atoms with Crippen molar-refractivity contribution in [2.75, 3.05) is 22.8 Å². The number of ether oxygens (including phenoxy) is 1. The predicted octanol–water partition coefficient (Wildman–Crippen LogP) is 2.56. The van der Waals surface area contributed by atoms with Gasteiger partial charge in [-0.25, -0.2) is 13.8 Å². The number of hydrogen-bond acceptors (Lipinski definition) is 8. The van der Waals surface area contributed by atoms with Crippen LogP contribution in [-0.2, 0) is 36.2 Å². The molecule has 1 aliphatic rings. The van der Waals surface area contributed by atoms with Crippen molar-refractivity contribution in [3.05, 3.63) is 77.9 Å². The third-order valence-electron chi connectivity index (χ3n) is 5.94. The normalized spacial score (nSPS) is 14.0. The van der Waals surface area contributed by atoms with Crippen molar-refractivity contribution in [1.29, 1.82) is 0 Å². The molecule has 0 saturated heterocycles. The lowest BCUT2D eigenvalue weighted by Gasteiger charge is -2.24. The first-order chi connectivity index (χ1) is 18.9.